The second-order valence-electron chi connectivity index (χ2n) is 6.99. The Bertz CT molecular complexity index is 1170. The fraction of sp³-hybridized carbons (Fsp3) is 0.160. The van der Waals surface area contributed by atoms with Crippen molar-refractivity contribution in [2.45, 2.75) is 26.7 Å². The third kappa shape index (κ3) is 4.15. The maximum Gasteiger partial charge on any atom is 0.225 e. The van der Waals surface area contributed by atoms with Crippen molar-refractivity contribution in [3.63, 3.8) is 0 Å². The first-order valence-electron chi connectivity index (χ1n) is 10.1. The lowest BCUT2D eigenvalue weighted by Crippen LogP contribution is -2.10. The van der Waals surface area contributed by atoms with Crippen LogP contribution in [0.2, 0.25) is 0 Å². The number of fused-ring (bicyclic) bond motifs is 1. The van der Waals surface area contributed by atoms with Gasteiger partial charge in [0.05, 0.1) is 5.56 Å². The average molecular weight is 397 g/mol. The van der Waals surface area contributed by atoms with Crippen LogP contribution in [0.4, 0.5) is 5.82 Å². The molecule has 2 aliphatic carbocycles. The van der Waals surface area contributed by atoms with E-state index in [-0.39, 0.29) is 5.91 Å². The highest BCUT2D eigenvalue weighted by molar-refractivity contribution is 5.96. The Kier molecular flexibility index (Phi) is 5.70. The minimum Gasteiger partial charge on any atom is -0.362 e. The molecule has 1 aromatic carbocycles. The van der Waals surface area contributed by atoms with Gasteiger partial charge in [-0.05, 0) is 58.0 Å². The van der Waals surface area contributed by atoms with Crippen LogP contribution in [0.1, 0.15) is 25.8 Å². The van der Waals surface area contributed by atoms with Gasteiger partial charge in [0, 0.05) is 18.8 Å². The predicted octanol–water partition coefficient (Wildman–Crippen LogP) is 5.98. The quantitative estimate of drug-likeness (QED) is 0.396. The molecule has 0 saturated carbocycles. The lowest BCUT2D eigenvalue weighted by Gasteiger charge is -2.05. The molecular formula is C25H23N3O2. The Labute approximate surface area is 175 Å². The largest absolute Gasteiger partial charge is 0.362 e. The van der Waals surface area contributed by atoms with Gasteiger partial charge in [-0.1, -0.05) is 55.4 Å². The molecule has 0 unspecified atom stereocenters. The van der Waals surface area contributed by atoms with E-state index in [2.05, 4.69) is 64.8 Å². The maximum absolute atomic E-state index is 11.3. The maximum atomic E-state index is 11.3. The fourth-order valence-corrected chi connectivity index (χ4v) is 3.36. The first-order chi connectivity index (χ1) is 14.7. The molecule has 0 radical (unpaired) electrons. The van der Waals surface area contributed by atoms with Gasteiger partial charge in [-0.2, -0.15) is 0 Å². The van der Waals surface area contributed by atoms with Gasteiger partial charge in [-0.3, -0.25) is 9.78 Å². The van der Waals surface area contributed by atoms with Crippen LogP contribution < -0.4 is 5.32 Å². The summed E-state index contributed by atoms with van der Waals surface area (Å²) in [6.45, 7) is 3.99. The molecule has 0 bridgehead atoms. The van der Waals surface area contributed by atoms with Crippen molar-refractivity contribution in [1.29, 1.82) is 0 Å². The second-order valence-corrected chi connectivity index (χ2v) is 6.99. The highest BCUT2D eigenvalue weighted by Crippen LogP contribution is 2.44. The van der Waals surface area contributed by atoms with E-state index in [1.807, 2.05) is 12.1 Å². The van der Waals surface area contributed by atoms with Gasteiger partial charge >= 0.3 is 0 Å². The Morgan fingerprint density at radius 1 is 0.900 bits per heavy atom. The lowest BCUT2D eigenvalue weighted by molar-refractivity contribution is -0.115. The summed E-state index contributed by atoms with van der Waals surface area (Å²) in [5, 5.41) is 6.43. The molecular weight excluding hydrogens is 374 g/mol. The van der Waals surface area contributed by atoms with Gasteiger partial charge in [-0.15, -0.1) is 0 Å². The van der Waals surface area contributed by atoms with E-state index < -0.39 is 0 Å². The molecule has 5 rings (SSSR count). The SMILES string of the molecule is CCC(=O)Nc1nocc1-c1ccncc1.CCc1ccccc1-c1ccc2cc1-2. The molecule has 2 aromatic heterocycles. The molecule has 5 nitrogen and oxygen atoms in total. The summed E-state index contributed by atoms with van der Waals surface area (Å²) in [6, 6.07) is 19.0. The number of rotatable bonds is 5. The number of pyridine rings is 1. The summed E-state index contributed by atoms with van der Waals surface area (Å²) in [4.78, 5) is 15.2. The molecule has 0 aliphatic heterocycles. The van der Waals surface area contributed by atoms with Crippen molar-refractivity contribution < 1.29 is 9.32 Å². The van der Waals surface area contributed by atoms with E-state index in [9.17, 15) is 4.79 Å². The van der Waals surface area contributed by atoms with E-state index >= 15 is 0 Å². The van der Waals surface area contributed by atoms with Crippen molar-refractivity contribution in [3.05, 3.63) is 78.8 Å². The molecule has 3 aromatic rings. The standard InChI is InChI=1S/C14H12.C11H11N3O2/c1-2-10-5-3-4-6-12(10)13-8-7-11-9-14(11)13;1-2-10(15)13-11-9(7-16-14-11)8-3-5-12-6-4-8/h3-9H,2H2,1H3;3-7H,2H2,1H3,(H,13,14,15). The van der Waals surface area contributed by atoms with Crippen molar-refractivity contribution in [3.8, 4) is 33.4 Å². The summed E-state index contributed by atoms with van der Waals surface area (Å²) in [5.41, 5.74) is 8.80. The number of hydrogen-bond acceptors (Lipinski definition) is 4. The van der Waals surface area contributed by atoms with Crippen molar-refractivity contribution >= 4 is 11.7 Å². The summed E-state index contributed by atoms with van der Waals surface area (Å²) in [7, 11) is 0. The van der Waals surface area contributed by atoms with E-state index in [4.69, 9.17) is 4.52 Å². The Morgan fingerprint density at radius 3 is 2.37 bits per heavy atom. The topological polar surface area (TPSA) is 68.0 Å². The van der Waals surface area contributed by atoms with Gasteiger partial charge < -0.3 is 9.84 Å². The van der Waals surface area contributed by atoms with E-state index in [1.165, 1.54) is 34.1 Å². The number of amides is 1. The number of anilines is 1. The van der Waals surface area contributed by atoms with Crippen molar-refractivity contribution in [2.24, 2.45) is 0 Å². The predicted molar refractivity (Wildman–Crippen MR) is 119 cm³/mol. The third-order valence-electron chi connectivity index (χ3n) is 5.08. The second kappa shape index (κ2) is 8.74. The molecule has 1 N–H and O–H groups in total. The minimum atomic E-state index is -0.0933. The lowest BCUT2D eigenvalue weighted by atomic mass is 9.99. The summed E-state index contributed by atoms with van der Waals surface area (Å²) in [5.74, 6) is 0.349. The molecule has 150 valence electrons. The van der Waals surface area contributed by atoms with Gasteiger partial charge in [-0.25, -0.2) is 0 Å². The summed E-state index contributed by atoms with van der Waals surface area (Å²) >= 11 is 0. The molecule has 0 fully saturated rings. The highest BCUT2D eigenvalue weighted by atomic mass is 16.5. The monoisotopic (exact) mass is 397 g/mol. The molecule has 30 heavy (non-hydrogen) atoms. The smallest absolute Gasteiger partial charge is 0.225 e. The molecule has 0 spiro atoms. The van der Waals surface area contributed by atoms with Crippen LogP contribution in [0, 0.1) is 0 Å². The molecule has 0 atom stereocenters. The van der Waals surface area contributed by atoms with Gasteiger partial charge in [0.1, 0.15) is 6.26 Å². The first kappa shape index (κ1) is 19.6. The summed E-state index contributed by atoms with van der Waals surface area (Å²) < 4.78 is 4.86. The zero-order chi connectivity index (χ0) is 20.9. The number of nitrogens with zero attached hydrogens (tertiary/aromatic N) is 2. The van der Waals surface area contributed by atoms with E-state index in [0.717, 1.165) is 17.5 Å². The number of carbonyl (C=O) groups excluding carboxylic acids is 1. The fourth-order valence-electron chi connectivity index (χ4n) is 3.36. The normalized spacial score (nSPS) is 10.7. The number of hydrogen-bond donors (Lipinski definition) is 1. The first-order valence-corrected chi connectivity index (χ1v) is 10.1. The number of nitrogens with one attached hydrogen (secondary N) is 1. The van der Waals surface area contributed by atoms with Crippen LogP contribution in [-0.2, 0) is 11.2 Å². The highest BCUT2D eigenvalue weighted by Gasteiger charge is 2.19. The zero-order valence-corrected chi connectivity index (χ0v) is 17.1. The zero-order valence-electron chi connectivity index (χ0n) is 17.1. The Balaban J connectivity index is 0.000000146. The van der Waals surface area contributed by atoms with Crippen LogP contribution >= 0.6 is 0 Å². The van der Waals surface area contributed by atoms with Crippen LogP contribution in [0.5, 0.6) is 0 Å². The van der Waals surface area contributed by atoms with Gasteiger partial charge in [0.15, 0.2) is 5.82 Å². The third-order valence-corrected chi connectivity index (χ3v) is 5.08. The number of carbonyl (C=O) groups is 1. The Hall–Kier alpha value is -3.73. The van der Waals surface area contributed by atoms with Crippen LogP contribution in [0.3, 0.4) is 0 Å². The molecule has 1 amide bonds. The van der Waals surface area contributed by atoms with Gasteiger partial charge in [0.25, 0.3) is 0 Å². The van der Waals surface area contributed by atoms with Crippen LogP contribution in [0.15, 0.2) is 77.8 Å². The molecule has 5 heteroatoms. The Morgan fingerprint density at radius 2 is 1.70 bits per heavy atom. The van der Waals surface area contributed by atoms with Crippen molar-refractivity contribution in [1.82, 2.24) is 10.1 Å². The summed E-state index contributed by atoms with van der Waals surface area (Å²) in [6.07, 6.45) is 6.36. The average Bonchev–Trinajstić information content (AvgIpc) is 3.22. The van der Waals surface area contributed by atoms with Crippen molar-refractivity contribution in [2.75, 3.05) is 5.32 Å². The van der Waals surface area contributed by atoms with E-state index in [0.29, 0.717) is 12.2 Å². The number of aromatic nitrogens is 2. The van der Waals surface area contributed by atoms with Crippen LogP contribution in [-0.4, -0.2) is 16.0 Å². The molecule has 2 aliphatic rings. The molecule has 0 saturated heterocycles. The van der Waals surface area contributed by atoms with Gasteiger partial charge in [0.2, 0.25) is 5.91 Å². The minimum absolute atomic E-state index is 0.0933. The van der Waals surface area contributed by atoms with Crippen LogP contribution in [0.25, 0.3) is 33.4 Å². The number of benzene rings is 2. The molecule has 2 heterocycles. The number of aryl methyl sites for hydroxylation is 1. The van der Waals surface area contributed by atoms with E-state index in [1.54, 1.807) is 19.3 Å².